The number of hydrogen-bond donors (Lipinski definition) is 3. The second-order valence-corrected chi connectivity index (χ2v) is 5.36. The Labute approximate surface area is 129 Å². The lowest BCUT2D eigenvalue weighted by molar-refractivity contribution is -0.143. The number of carboxylic acid groups (broad SMARTS) is 1. The van der Waals surface area contributed by atoms with Crippen LogP contribution in [0.4, 0.5) is 18.9 Å². The Bertz CT molecular complexity index is 654. The summed E-state index contributed by atoms with van der Waals surface area (Å²) in [5.41, 5.74) is -3.44. The molecule has 0 bridgehead atoms. The fraction of sp³-hybridized carbons (Fsp3) is 0.357. The molecule has 0 spiro atoms. The van der Waals surface area contributed by atoms with Crippen LogP contribution in [0.1, 0.15) is 36.7 Å². The van der Waals surface area contributed by atoms with Crippen molar-refractivity contribution in [3.8, 4) is 0 Å². The van der Waals surface area contributed by atoms with Gasteiger partial charge in [-0.2, -0.15) is 13.2 Å². The Morgan fingerprint density at radius 3 is 2.09 bits per heavy atom. The molecule has 1 aromatic carbocycles. The lowest BCUT2D eigenvalue weighted by atomic mass is 10.0. The minimum absolute atomic E-state index is 0.217. The van der Waals surface area contributed by atoms with E-state index in [2.05, 4.69) is 10.6 Å². The van der Waals surface area contributed by atoms with Gasteiger partial charge in [-0.1, -0.05) is 0 Å². The summed E-state index contributed by atoms with van der Waals surface area (Å²) in [6, 6.07) is 2.29. The largest absolute Gasteiger partial charge is 0.480 e. The normalized spacial score (nSPS) is 11.7. The Morgan fingerprint density at radius 2 is 1.65 bits per heavy atom. The molecule has 0 heterocycles. The van der Waals surface area contributed by atoms with Crippen LogP contribution in [0.15, 0.2) is 18.2 Å². The predicted octanol–water partition coefficient (Wildman–Crippen LogP) is 2.26. The molecule has 0 aromatic heterocycles. The van der Waals surface area contributed by atoms with Gasteiger partial charge in [-0.05, 0) is 32.0 Å². The summed E-state index contributed by atoms with van der Waals surface area (Å²) >= 11 is 0. The van der Waals surface area contributed by atoms with Crippen LogP contribution in [0, 0.1) is 0 Å². The molecule has 23 heavy (non-hydrogen) atoms. The van der Waals surface area contributed by atoms with E-state index >= 15 is 0 Å². The minimum atomic E-state index is -4.73. The fourth-order valence-electron chi connectivity index (χ4n) is 1.61. The van der Waals surface area contributed by atoms with Crippen LogP contribution in [0.5, 0.6) is 0 Å². The molecule has 6 nitrogen and oxygen atoms in total. The number of hydrogen-bond acceptors (Lipinski definition) is 3. The molecular weight excluding hydrogens is 317 g/mol. The van der Waals surface area contributed by atoms with Crippen molar-refractivity contribution in [3.63, 3.8) is 0 Å². The molecule has 0 aliphatic carbocycles. The number of halogens is 3. The maximum atomic E-state index is 12.9. The van der Waals surface area contributed by atoms with E-state index in [0.29, 0.717) is 12.1 Å². The average Bonchev–Trinajstić information content (AvgIpc) is 2.35. The van der Waals surface area contributed by atoms with E-state index in [1.165, 1.54) is 13.8 Å². The summed E-state index contributed by atoms with van der Waals surface area (Å²) in [6.07, 6.45) is -4.73. The van der Waals surface area contributed by atoms with Gasteiger partial charge in [0.2, 0.25) is 5.91 Å². The van der Waals surface area contributed by atoms with Crippen molar-refractivity contribution in [1.29, 1.82) is 0 Å². The van der Waals surface area contributed by atoms with Crippen LogP contribution >= 0.6 is 0 Å². The van der Waals surface area contributed by atoms with E-state index in [4.69, 9.17) is 5.11 Å². The second kappa shape index (κ2) is 6.27. The first kappa shape index (κ1) is 18.5. The third-order valence-corrected chi connectivity index (χ3v) is 2.80. The maximum absolute atomic E-state index is 12.9. The molecule has 0 radical (unpaired) electrons. The fourth-order valence-corrected chi connectivity index (χ4v) is 1.61. The molecular formula is C14H15F3N2O4. The minimum Gasteiger partial charge on any atom is -0.480 e. The number of alkyl halides is 3. The Hall–Kier alpha value is -2.58. The number of amides is 2. The van der Waals surface area contributed by atoms with Crippen LogP contribution in [0.2, 0.25) is 0 Å². The van der Waals surface area contributed by atoms with Gasteiger partial charge in [0.15, 0.2) is 0 Å². The highest BCUT2D eigenvalue weighted by Crippen LogP contribution is 2.32. The zero-order chi connectivity index (χ0) is 18.0. The number of carbonyl (C=O) groups is 3. The zero-order valence-electron chi connectivity index (χ0n) is 12.5. The lowest BCUT2D eigenvalue weighted by Gasteiger charge is -2.21. The number of aliphatic carboxylic acids is 1. The molecule has 1 rings (SSSR count). The van der Waals surface area contributed by atoms with Crippen molar-refractivity contribution in [2.75, 3.05) is 5.32 Å². The van der Waals surface area contributed by atoms with Gasteiger partial charge in [0, 0.05) is 18.2 Å². The summed E-state index contributed by atoms with van der Waals surface area (Å²) in [7, 11) is 0. The van der Waals surface area contributed by atoms with Crippen LogP contribution in [-0.4, -0.2) is 28.4 Å². The van der Waals surface area contributed by atoms with Crippen molar-refractivity contribution in [2.24, 2.45) is 0 Å². The number of carbonyl (C=O) groups excluding carboxylic acids is 2. The summed E-state index contributed by atoms with van der Waals surface area (Å²) in [5.74, 6) is -2.96. The van der Waals surface area contributed by atoms with Crippen molar-refractivity contribution in [1.82, 2.24) is 5.32 Å². The van der Waals surface area contributed by atoms with Gasteiger partial charge in [0.1, 0.15) is 5.54 Å². The van der Waals surface area contributed by atoms with E-state index in [9.17, 15) is 27.6 Å². The Kier molecular flexibility index (Phi) is 5.03. The van der Waals surface area contributed by atoms with Gasteiger partial charge in [-0.15, -0.1) is 0 Å². The summed E-state index contributed by atoms with van der Waals surface area (Å²) in [5, 5.41) is 13.2. The van der Waals surface area contributed by atoms with Gasteiger partial charge >= 0.3 is 12.1 Å². The average molecular weight is 332 g/mol. The molecule has 0 saturated carbocycles. The van der Waals surface area contributed by atoms with Crippen LogP contribution in [-0.2, 0) is 15.8 Å². The highest BCUT2D eigenvalue weighted by atomic mass is 19.4. The molecule has 9 heteroatoms. The Balaban J connectivity index is 3.26. The van der Waals surface area contributed by atoms with Gasteiger partial charge in [-0.3, -0.25) is 9.59 Å². The summed E-state index contributed by atoms with van der Waals surface area (Å²) in [4.78, 5) is 34.0. The first-order valence-electron chi connectivity index (χ1n) is 6.38. The van der Waals surface area contributed by atoms with Crippen LogP contribution in [0.25, 0.3) is 0 Å². The van der Waals surface area contributed by atoms with E-state index < -0.39 is 40.6 Å². The number of anilines is 1. The number of rotatable bonds is 4. The first-order valence-corrected chi connectivity index (χ1v) is 6.38. The van der Waals surface area contributed by atoms with E-state index in [-0.39, 0.29) is 5.69 Å². The molecule has 126 valence electrons. The van der Waals surface area contributed by atoms with Crippen molar-refractivity contribution in [3.05, 3.63) is 29.3 Å². The molecule has 1 aromatic rings. The quantitative estimate of drug-likeness (QED) is 0.788. The van der Waals surface area contributed by atoms with Gasteiger partial charge in [-0.25, -0.2) is 4.79 Å². The molecule has 3 N–H and O–H groups in total. The van der Waals surface area contributed by atoms with Crippen molar-refractivity contribution < 1.29 is 32.7 Å². The molecule has 2 amide bonds. The van der Waals surface area contributed by atoms with Gasteiger partial charge in [0.25, 0.3) is 5.91 Å². The molecule has 0 saturated heterocycles. The van der Waals surface area contributed by atoms with Crippen LogP contribution < -0.4 is 10.6 Å². The highest BCUT2D eigenvalue weighted by Gasteiger charge is 2.33. The van der Waals surface area contributed by atoms with Crippen molar-refractivity contribution in [2.45, 2.75) is 32.5 Å². The molecule has 0 unspecified atom stereocenters. The SMILES string of the molecule is CC(=O)Nc1cc(C(=O)NC(C)(C)C(=O)O)cc(C(F)(F)F)c1. The van der Waals surface area contributed by atoms with Gasteiger partial charge in [0.05, 0.1) is 5.56 Å². The number of nitrogens with one attached hydrogen (secondary N) is 2. The summed E-state index contributed by atoms with van der Waals surface area (Å²) < 4.78 is 38.6. The number of carboxylic acids is 1. The highest BCUT2D eigenvalue weighted by molar-refractivity contribution is 5.99. The second-order valence-electron chi connectivity index (χ2n) is 5.36. The lowest BCUT2D eigenvalue weighted by Crippen LogP contribution is -2.49. The van der Waals surface area contributed by atoms with Crippen molar-refractivity contribution >= 4 is 23.5 Å². The van der Waals surface area contributed by atoms with E-state index in [0.717, 1.165) is 13.0 Å². The standard InChI is InChI=1S/C14H15F3N2O4/c1-7(20)18-10-5-8(4-9(6-10)14(15,16)17)11(21)19-13(2,3)12(22)23/h4-6H,1-3H3,(H,18,20)(H,19,21)(H,22,23). The maximum Gasteiger partial charge on any atom is 0.416 e. The predicted molar refractivity (Wildman–Crippen MR) is 74.9 cm³/mol. The molecule has 0 atom stereocenters. The molecule has 0 aliphatic heterocycles. The first-order chi connectivity index (χ1) is 10.3. The topological polar surface area (TPSA) is 95.5 Å². The molecule has 0 aliphatic rings. The Morgan fingerprint density at radius 1 is 1.09 bits per heavy atom. The third-order valence-electron chi connectivity index (χ3n) is 2.80. The monoisotopic (exact) mass is 332 g/mol. The zero-order valence-corrected chi connectivity index (χ0v) is 12.5. The molecule has 0 fully saturated rings. The van der Waals surface area contributed by atoms with Crippen LogP contribution in [0.3, 0.4) is 0 Å². The smallest absolute Gasteiger partial charge is 0.416 e. The van der Waals surface area contributed by atoms with E-state index in [1.807, 2.05) is 0 Å². The number of benzene rings is 1. The summed E-state index contributed by atoms with van der Waals surface area (Å²) in [6.45, 7) is 3.48. The van der Waals surface area contributed by atoms with Gasteiger partial charge < -0.3 is 15.7 Å². The van der Waals surface area contributed by atoms with E-state index in [1.54, 1.807) is 0 Å². The third kappa shape index (κ3) is 4.97.